The van der Waals surface area contributed by atoms with Gasteiger partial charge in [-0.05, 0) is 37.6 Å². The highest BCUT2D eigenvalue weighted by molar-refractivity contribution is 5.78. The smallest absolute Gasteiger partial charge is 0.162 e. The lowest BCUT2D eigenvalue weighted by atomic mass is 10.0. The first-order valence-corrected chi connectivity index (χ1v) is 12.5. The molecule has 0 aromatic carbocycles. The van der Waals surface area contributed by atoms with Gasteiger partial charge in [0.1, 0.15) is 5.82 Å². The fourth-order valence-corrected chi connectivity index (χ4v) is 5.46. The Morgan fingerprint density at radius 2 is 1.68 bits per heavy atom. The van der Waals surface area contributed by atoms with Crippen LogP contribution in [0.3, 0.4) is 0 Å². The van der Waals surface area contributed by atoms with Crippen LogP contribution in [0.25, 0.3) is 16.8 Å². The van der Waals surface area contributed by atoms with Crippen molar-refractivity contribution < 1.29 is 4.74 Å². The predicted molar refractivity (Wildman–Crippen MR) is 134 cm³/mol. The topological polar surface area (TPSA) is 65.3 Å². The van der Waals surface area contributed by atoms with E-state index in [1.165, 1.54) is 39.0 Å². The van der Waals surface area contributed by atoms with Crippen LogP contribution >= 0.6 is 0 Å². The molecule has 180 valence electrons. The molecule has 9 nitrogen and oxygen atoms in total. The summed E-state index contributed by atoms with van der Waals surface area (Å²) in [6, 6.07) is 4.89. The Balaban J connectivity index is 1.16. The van der Waals surface area contributed by atoms with Gasteiger partial charge in [-0.25, -0.2) is 14.5 Å². The van der Waals surface area contributed by atoms with Crippen LogP contribution < -0.4 is 9.80 Å². The van der Waals surface area contributed by atoms with E-state index >= 15 is 0 Å². The average molecular weight is 463 g/mol. The van der Waals surface area contributed by atoms with Crippen LogP contribution in [0.4, 0.5) is 11.5 Å². The third-order valence-corrected chi connectivity index (χ3v) is 7.62. The van der Waals surface area contributed by atoms with E-state index in [0.717, 1.165) is 67.7 Å². The number of pyridine rings is 1. The number of aromatic nitrogens is 4. The molecular formula is C25H34N8O. The molecule has 0 radical (unpaired) electrons. The summed E-state index contributed by atoms with van der Waals surface area (Å²) in [6.07, 6.45) is 10.4. The van der Waals surface area contributed by atoms with E-state index in [1.807, 2.05) is 29.2 Å². The number of rotatable bonds is 4. The van der Waals surface area contributed by atoms with Crippen LogP contribution in [0.5, 0.6) is 0 Å². The van der Waals surface area contributed by atoms with E-state index in [0.29, 0.717) is 6.04 Å². The molecule has 3 aliphatic rings. The zero-order valence-electron chi connectivity index (χ0n) is 20.0. The number of nitrogens with zero attached hydrogens (tertiary/aromatic N) is 8. The minimum Gasteiger partial charge on any atom is -0.378 e. The second-order valence-electron chi connectivity index (χ2n) is 9.70. The molecule has 0 atom stereocenters. The van der Waals surface area contributed by atoms with Crippen molar-refractivity contribution in [3.8, 4) is 11.1 Å². The molecule has 3 aromatic rings. The largest absolute Gasteiger partial charge is 0.378 e. The molecule has 3 saturated heterocycles. The van der Waals surface area contributed by atoms with Gasteiger partial charge in [0.15, 0.2) is 5.65 Å². The normalized spacial score (nSPS) is 21.4. The van der Waals surface area contributed by atoms with Crippen LogP contribution in [-0.4, -0.2) is 108 Å². The Hall–Kier alpha value is -2.75. The summed E-state index contributed by atoms with van der Waals surface area (Å²) in [4.78, 5) is 19.3. The molecule has 34 heavy (non-hydrogen) atoms. The van der Waals surface area contributed by atoms with Crippen molar-refractivity contribution >= 4 is 17.2 Å². The van der Waals surface area contributed by atoms with E-state index in [1.54, 1.807) is 0 Å². The van der Waals surface area contributed by atoms with Crippen LogP contribution in [-0.2, 0) is 4.74 Å². The van der Waals surface area contributed by atoms with Gasteiger partial charge < -0.3 is 19.4 Å². The maximum atomic E-state index is 5.48. The summed E-state index contributed by atoms with van der Waals surface area (Å²) in [5, 5.41) is 4.65. The Morgan fingerprint density at radius 1 is 0.882 bits per heavy atom. The Labute approximate surface area is 200 Å². The molecule has 0 unspecified atom stereocenters. The molecule has 0 aliphatic carbocycles. The molecule has 6 rings (SSSR count). The highest BCUT2D eigenvalue weighted by Crippen LogP contribution is 2.28. The second-order valence-corrected chi connectivity index (χ2v) is 9.70. The quantitative estimate of drug-likeness (QED) is 0.582. The summed E-state index contributed by atoms with van der Waals surface area (Å²) in [7, 11) is 2.22. The Kier molecular flexibility index (Phi) is 6.07. The van der Waals surface area contributed by atoms with Crippen LogP contribution in [0.1, 0.15) is 12.8 Å². The monoisotopic (exact) mass is 462 g/mol. The number of piperidine rings is 1. The van der Waals surface area contributed by atoms with Crippen LogP contribution in [0, 0.1) is 0 Å². The van der Waals surface area contributed by atoms with Crippen molar-refractivity contribution in [3.63, 3.8) is 0 Å². The van der Waals surface area contributed by atoms with Crippen molar-refractivity contribution in [3.05, 3.63) is 36.9 Å². The molecule has 9 heteroatoms. The van der Waals surface area contributed by atoms with Gasteiger partial charge in [0.05, 0.1) is 37.5 Å². The molecule has 3 aromatic heterocycles. The molecular weight excluding hydrogens is 428 g/mol. The maximum absolute atomic E-state index is 5.48. The van der Waals surface area contributed by atoms with Crippen molar-refractivity contribution in [1.82, 2.24) is 29.4 Å². The summed E-state index contributed by atoms with van der Waals surface area (Å²) in [5.74, 6) is 0.986. The molecule has 0 bridgehead atoms. The average Bonchev–Trinajstić information content (AvgIpc) is 3.33. The lowest BCUT2D eigenvalue weighted by Crippen LogP contribution is -2.52. The van der Waals surface area contributed by atoms with Gasteiger partial charge in [0, 0.05) is 70.2 Å². The van der Waals surface area contributed by atoms with E-state index in [-0.39, 0.29) is 0 Å². The summed E-state index contributed by atoms with van der Waals surface area (Å²) < 4.78 is 7.40. The zero-order chi connectivity index (χ0) is 22.9. The molecule has 3 aliphatic heterocycles. The van der Waals surface area contributed by atoms with Crippen molar-refractivity contribution in [2.24, 2.45) is 0 Å². The minimum atomic E-state index is 0.713. The SMILES string of the molecule is CN1CCN(C2CCN(c3cnc4c(-c5ccnc(N6CCOCC6)c5)cnn4c3)CC2)CC1. The lowest BCUT2D eigenvalue weighted by molar-refractivity contribution is 0.0982. The number of morpholine rings is 1. The van der Waals surface area contributed by atoms with Gasteiger partial charge in [-0.1, -0.05) is 0 Å². The van der Waals surface area contributed by atoms with Gasteiger partial charge >= 0.3 is 0 Å². The summed E-state index contributed by atoms with van der Waals surface area (Å²) >= 11 is 0. The molecule has 0 N–H and O–H groups in total. The fraction of sp³-hybridized carbons (Fsp3) is 0.560. The Bertz CT molecular complexity index is 1110. The van der Waals surface area contributed by atoms with Crippen molar-refractivity contribution in [2.45, 2.75) is 18.9 Å². The van der Waals surface area contributed by atoms with E-state index in [9.17, 15) is 0 Å². The standard InChI is InChI=1S/C25H34N8O/c1-29-8-10-31(11-9-29)21-3-6-30(7-4-21)22-17-27-25-23(18-28-33(25)19-22)20-2-5-26-24(16-20)32-12-14-34-15-13-32/h2,5,16-19,21H,3-4,6-15H2,1H3. The first-order valence-electron chi connectivity index (χ1n) is 12.5. The number of likely N-dealkylation sites (N-methyl/N-ethyl adjacent to an activating group) is 1. The zero-order valence-corrected chi connectivity index (χ0v) is 20.0. The van der Waals surface area contributed by atoms with E-state index in [4.69, 9.17) is 9.72 Å². The van der Waals surface area contributed by atoms with Crippen LogP contribution in [0.15, 0.2) is 36.9 Å². The fourth-order valence-electron chi connectivity index (χ4n) is 5.46. The number of ether oxygens (including phenoxy) is 1. The number of fused-ring (bicyclic) bond motifs is 1. The maximum Gasteiger partial charge on any atom is 0.162 e. The second kappa shape index (κ2) is 9.48. The Morgan fingerprint density at radius 3 is 2.47 bits per heavy atom. The third-order valence-electron chi connectivity index (χ3n) is 7.62. The van der Waals surface area contributed by atoms with Gasteiger partial charge in [0.25, 0.3) is 0 Å². The highest BCUT2D eigenvalue weighted by atomic mass is 16.5. The predicted octanol–water partition coefficient (Wildman–Crippen LogP) is 1.84. The third kappa shape index (κ3) is 4.35. The van der Waals surface area contributed by atoms with Gasteiger partial charge in [0.2, 0.25) is 0 Å². The lowest BCUT2D eigenvalue weighted by Gasteiger charge is -2.42. The molecule has 0 amide bonds. The highest BCUT2D eigenvalue weighted by Gasteiger charge is 2.27. The number of hydrogen-bond acceptors (Lipinski definition) is 8. The van der Waals surface area contributed by atoms with Gasteiger partial charge in [-0.15, -0.1) is 0 Å². The number of anilines is 2. The summed E-state index contributed by atoms with van der Waals surface area (Å²) in [5.41, 5.74) is 4.18. The first kappa shape index (κ1) is 21.8. The molecule has 0 saturated carbocycles. The molecule has 6 heterocycles. The van der Waals surface area contributed by atoms with Gasteiger partial charge in [-0.3, -0.25) is 4.90 Å². The molecule has 0 spiro atoms. The number of piperazine rings is 1. The van der Waals surface area contributed by atoms with Crippen molar-refractivity contribution in [1.29, 1.82) is 0 Å². The van der Waals surface area contributed by atoms with Crippen molar-refractivity contribution in [2.75, 3.05) is 82.4 Å². The van der Waals surface area contributed by atoms with E-state index < -0.39 is 0 Å². The molecule has 3 fully saturated rings. The summed E-state index contributed by atoms with van der Waals surface area (Å²) in [6.45, 7) is 10.2. The minimum absolute atomic E-state index is 0.713. The number of hydrogen-bond donors (Lipinski definition) is 0. The van der Waals surface area contributed by atoms with Crippen LogP contribution in [0.2, 0.25) is 0 Å². The first-order chi connectivity index (χ1) is 16.7. The van der Waals surface area contributed by atoms with E-state index in [2.05, 4.69) is 49.0 Å². The van der Waals surface area contributed by atoms with Gasteiger partial charge in [-0.2, -0.15) is 5.10 Å².